The Morgan fingerprint density at radius 2 is 1.69 bits per heavy atom. The van der Waals surface area contributed by atoms with Gasteiger partial charge in [0.2, 0.25) is 11.8 Å². The molecule has 1 aromatic carbocycles. The number of nitrogens with one attached hydrogen (secondary N) is 2. The highest BCUT2D eigenvalue weighted by molar-refractivity contribution is 6.30. The van der Waals surface area contributed by atoms with Gasteiger partial charge in [-0.15, -0.1) is 12.4 Å². The molecule has 5 N–H and O–H groups in total. The molecule has 1 fully saturated rings. The monoisotopic (exact) mass is 487 g/mol. The van der Waals surface area contributed by atoms with Crippen molar-refractivity contribution in [2.45, 2.75) is 57.9 Å². The summed E-state index contributed by atoms with van der Waals surface area (Å²) in [5.74, 6) is -1.20. The standard InChI is InChI=1S/C23H34ClN3O4.ClH/c1-14(2)21(25)22(29)27-13-18(16-7-9-19(24)10-8-16)11-20(28)26-12-15-3-5-17(6-4-15)23(30)31;/h7-10,14-15,17-18,21H,3-6,11-13,25H2,1-2H3,(H,26,28)(H,27,29)(H,30,31);1H/t15?,17?,18?,21-;/m0./s1. The maximum Gasteiger partial charge on any atom is 0.306 e. The lowest BCUT2D eigenvalue weighted by Crippen LogP contribution is -2.45. The number of carbonyl (C=O) groups excluding carboxylic acids is 2. The van der Waals surface area contributed by atoms with Crippen molar-refractivity contribution in [2.75, 3.05) is 13.1 Å². The van der Waals surface area contributed by atoms with Crippen LogP contribution in [0.1, 0.15) is 57.4 Å². The molecule has 0 saturated heterocycles. The van der Waals surface area contributed by atoms with Gasteiger partial charge < -0.3 is 21.5 Å². The summed E-state index contributed by atoms with van der Waals surface area (Å²) in [6.45, 7) is 4.62. The van der Waals surface area contributed by atoms with Crippen LogP contribution in [-0.4, -0.2) is 42.0 Å². The van der Waals surface area contributed by atoms with E-state index in [9.17, 15) is 14.4 Å². The van der Waals surface area contributed by atoms with Crippen molar-refractivity contribution in [3.8, 4) is 0 Å². The van der Waals surface area contributed by atoms with Gasteiger partial charge in [0.25, 0.3) is 0 Å². The summed E-state index contributed by atoms with van der Waals surface area (Å²) in [6, 6.07) is 6.67. The van der Waals surface area contributed by atoms with Gasteiger partial charge in [0.1, 0.15) is 0 Å². The highest BCUT2D eigenvalue weighted by atomic mass is 35.5. The van der Waals surface area contributed by atoms with Crippen LogP contribution in [0.25, 0.3) is 0 Å². The molecule has 1 unspecified atom stereocenters. The number of amides is 2. The first kappa shape index (κ1) is 28.2. The minimum Gasteiger partial charge on any atom is -0.481 e. The molecule has 0 heterocycles. The van der Waals surface area contributed by atoms with Crippen LogP contribution in [0.3, 0.4) is 0 Å². The van der Waals surface area contributed by atoms with Gasteiger partial charge in [0, 0.05) is 30.5 Å². The van der Waals surface area contributed by atoms with Crippen molar-refractivity contribution in [3.05, 3.63) is 34.9 Å². The van der Waals surface area contributed by atoms with Crippen LogP contribution >= 0.6 is 24.0 Å². The number of rotatable bonds is 10. The van der Waals surface area contributed by atoms with Gasteiger partial charge in [-0.2, -0.15) is 0 Å². The van der Waals surface area contributed by atoms with Gasteiger partial charge in [0.15, 0.2) is 0 Å². The first-order valence-electron chi connectivity index (χ1n) is 11.0. The van der Waals surface area contributed by atoms with E-state index < -0.39 is 12.0 Å². The zero-order chi connectivity index (χ0) is 23.0. The quantitative estimate of drug-likeness (QED) is 0.403. The molecule has 0 spiro atoms. The molecular weight excluding hydrogens is 453 g/mol. The molecule has 2 atom stereocenters. The molecule has 180 valence electrons. The topological polar surface area (TPSA) is 122 Å². The number of carboxylic acid groups (broad SMARTS) is 1. The van der Waals surface area contributed by atoms with E-state index >= 15 is 0 Å². The average molecular weight is 488 g/mol. The molecule has 1 aromatic rings. The minimum absolute atomic E-state index is 0. The van der Waals surface area contributed by atoms with E-state index in [1.807, 2.05) is 26.0 Å². The van der Waals surface area contributed by atoms with Gasteiger partial charge in [-0.05, 0) is 55.2 Å². The summed E-state index contributed by atoms with van der Waals surface area (Å²) in [4.78, 5) is 36.0. The number of halogens is 2. The maximum atomic E-state index is 12.6. The molecule has 1 saturated carbocycles. The second-order valence-corrected chi connectivity index (χ2v) is 9.26. The maximum absolute atomic E-state index is 12.6. The van der Waals surface area contributed by atoms with E-state index in [1.54, 1.807) is 12.1 Å². The Hall–Kier alpha value is -1.83. The Kier molecular flexibility index (Phi) is 12.0. The van der Waals surface area contributed by atoms with Crippen molar-refractivity contribution < 1.29 is 19.5 Å². The Morgan fingerprint density at radius 1 is 1.09 bits per heavy atom. The lowest BCUT2D eigenvalue weighted by Gasteiger charge is -2.26. The zero-order valence-corrected chi connectivity index (χ0v) is 20.3. The highest BCUT2D eigenvalue weighted by Gasteiger charge is 2.26. The lowest BCUT2D eigenvalue weighted by atomic mass is 9.82. The zero-order valence-electron chi connectivity index (χ0n) is 18.7. The second kappa shape index (κ2) is 13.7. The summed E-state index contributed by atoms with van der Waals surface area (Å²) >= 11 is 5.99. The van der Waals surface area contributed by atoms with Crippen molar-refractivity contribution in [1.29, 1.82) is 0 Å². The molecule has 32 heavy (non-hydrogen) atoms. The number of hydrogen-bond donors (Lipinski definition) is 4. The normalized spacial score (nSPS) is 20.0. The van der Waals surface area contributed by atoms with Crippen molar-refractivity contribution in [1.82, 2.24) is 10.6 Å². The van der Waals surface area contributed by atoms with E-state index in [4.69, 9.17) is 22.4 Å². The Morgan fingerprint density at radius 3 is 2.22 bits per heavy atom. The second-order valence-electron chi connectivity index (χ2n) is 8.83. The van der Waals surface area contributed by atoms with Gasteiger partial charge in [-0.3, -0.25) is 14.4 Å². The molecular formula is C23H35Cl2N3O4. The number of aliphatic carboxylic acids is 1. The average Bonchev–Trinajstić information content (AvgIpc) is 2.75. The number of nitrogens with two attached hydrogens (primary N) is 1. The molecule has 1 aliphatic carbocycles. The Balaban J connectivity index is 0.00000512. The summed E-state index contributed by atoms with van der Waals surface area (Å²) in [7, 11) is 0. The van der Waals surface area contributed by atoms with Crippen LogP contribution in [0.4, 0.5) is 0 Å². The van der Waals surface area contributed by atoms with Crippen LogP contribution in [0.15, 0.2) is 24.3 Å². The third-order valence-electron chi connectivity index (χ3n) is 6.10. The van der Waals surface area contributed by atoms with Crippen LogP contribution < -0.4 is 16.4 Å². The largest absolute Gasteiger partial charge is 0.481 e. The predicted molar refractivity (Wildman–Crippen MR) is 128 cm³/mol. The molecule has 0 bridgehead atoms. The summed E-state index contributed by atoms with van der Waals surface area (Å²) in [6.07, 6.45) is 3.15. The minimum atomic E-state index is -0.729. The smallest absolute Gasteiger partial charge is 0.306 e. The van der Waals surface area contributed by atoms with Crippen LogP contribution in [0, 0.1) is 17.8 Å². The summed E-state index contributed by atoms with van der Waals surface area (Å²) in [5.41, 5.74) is 6.84. The molecule has 2 rings (SSSR count). The molecule has 7 nitrogen and oxygen atoms in total. The van der Waals surface area contributed by atoms with E-state index in [2.05, 4.69) is 10.6 Å². The third kappa shape index (κ3) is 8.96. The van der Waals surface area contributed by atoms with Crippen molar-refractivity contribution >= 4 is 41.8 Å². The SMILES string of the molecule is CC(C)[C@H](N)C(=O)NCC(CC(=O)NCC1CCC(C(=O)O)CC1)c1ccc(Cl)cc1.Cl. The van der Waals surface area contributed by atoms with Crippen LogP contribution in [0.5, 0.6) is 0 Å². The number of carbonyl (C=O) groups is 3. The fourth-order valence-corrected chi connectivity index (χ4v) is 3.98. The van der Waals surface area contributed by atoms with Gasteiger partial charge >= 0.3 is 5.97 Å². The fraction of sp³-hybridized carbons (Fsp3) is 0.609. The first-order chi connectivity index (χ1) is 14.7. The first-order valence-corrected chi connectivity index (χ1v) is 11.3. The number of carboxylic acids is 1. The molecule has 2 amide bonds. The van der Waals surface area contributed by atoms with E-state index in [-0.39, 0.29) is 48.4 Å². The molecule has 0 aromatic heterocycles. The molecule has 0 radical (unpaired) electrons. The van der Waals surface area contributed by atoms with E-state index in [1.165, 1.54) is 0 Å². The van der Waals surface area contributed by atoms with Gasteiger partial charge in [0.05, 0.1) is 12.0 Å². The Bertz CT molecular complexity index is 750. The van der Waals surface area contributed by atoms with Crippen LogP contribution in [-0.2, 0) is 14.4 Å². The lowest BCUT2D eigenvalue weighted by molar-refractivity contribution is -0.143. The molecule has 1 aliphatic rings. The highest BCUT2D eigenvalue weighted by Crippen LogP contribution is 2.28. The molecule has 9 heteroatoms. The Labute approximate surface area is 201 Å². The predicted octanol–water partition coefficient (Wildman–Crippen LogP) is 3.34. The van der Waals surface area contributed by atoms with E-state index in [0.29, 0.717) is 36.9 Å². The van der Waals surface area contributed by atoms with E-state index in [0.717, 1.165) is 18.4 Å². The van der Waals surface area contributed by atoms with Crippen LogP contribution in [0.2, 0.25) is 5.02 Å². The van der Waals surface area contributed by atoms with Crippen molar-refractivity contribution in [2.24, 2.45) is 23.5 Å². The van der Waals surface area contributed by atoms with Crippen molar-refractivity contribution in [3.63, 3.8) is 0 Å². The number of hydrogen-bond acceptors (Lipinski definition) is 4. The summed E-state index contributed by atoms with van der Waals surface area (Å²) in [5, 5.41) is 15.6. The van der Waals surface area contributed by atoms with Gasteiger partial charge in [-0.25, -0.2) is 0 Å². The van der Waals surface area contributed by atoms with Gasteiger partial charge in [-0.1, -0.05) is 37.6 Å². The molecule has 0 aliphatic heterocycles. The summed E-state index contributed by atoms with van der Waals surface area (Å²) < 4.78 is 0. The number of benzene rings is 1. The third-order valence-corrected chi connectivity index (χ3v) is 6.35. The fourth-order valence-electron chi connectivity index (χ4n) is 3.85.